The molecule has 0 amide bonds. The molecule has 1 fully saturated rings. The van der Waals surface area contributed by atoms with Gasteiger partial charge in [-0.3, -0.25) is 0 Å². The second-order valence-electron chi connectivity index (χ2n) is 5.24. The van der Waals surface area contributed by atoms with Crippen molar-refractivity contribution in [3.8, 4) is 0 Å². The van der Waals surface area contributed by atoms with Gasteiger partial charge in [0.15, 0.2) is 0 Å². The van der Waals surface area contributed by atoms with Gasteiger partial charge in [0.1, 0.15) is 5.76 Å². The average Bonchev–Trinajstić information content (AvgIpc) is 2.98. The first-order valence-electron chi connectivity index (χ1n) is 6.47. The number of alkyl halides is 1. The van der Waals surface area contributed by atoms with Gasteiger partial charge >= 0.3 is 0 Å². The summed E-state index contributed by atoms with van der Waals surface area (Å²) in [5, 5.41) is 0. The minimum absolute atomic E-state index is 0.360. The number of oxazole rings is 1. The minimum atomic E-state index is 0.360. The molecule has 2 aromatic rings. The van der Waals surface area contributed by atoms with Gasteiger partial charge < -0.3 is 4.42 Å². The number of fused-ring (bicyclic) bond motifs is 3. The van der Waals surface area contributed by atoms with Crippen LogP contribution in [0.4, 0.5) is 0 Å². The molecule has 3 atom stereocenters. The van der Waals surface area contributed by atoms with Gasteiger partial charge in [-0.05, 0) is 35.8 Å². The number of benzene rings is 1. The molecule has 1 aromatic carbocycles. The highest BCUT2D eigenvalue weighted by Gasteiger charge is 2.55. The highest BCUT2D eigenvalue weighted by atomic mass is 35.5. The Balaban J connectivity index is 1.68. The van der Waals surface area contributed by atoms with Gasteiger partial charge in [-0.2, -0.15) is 0 Å². The smallest absolute Gasteiger partial charge is 0.209 e. The molecule has 0 aliphatic heterocycles. The Morgan fingerprint density at radius 1 is 1.28 bits per heavy atom. The lowest BCUT2D eigenvalue weighted by molar-refractivity contribution is 0.463. The maximum Gasteiger partial charge on any atom is 0.209 e. The van der Waals surface area contributed by atoms with Crippen LogP contribution in [-0.2, 0) is 12.3 Å². The first-order valence-corrected chi connectivity index (χ1v) is 7.00. The Bertz CT molecular complexity index is 592. The highest BCUT2D eigenvalue weighted by molar-refractivity contribution is 6.16. The van der Waals surface area contributed by atoms with Crippen LogP contribution in [-0.4, -0.2) is 4.98 Å². The molecule has 1 heterocycles. The fraction of sp³-hybridized carbons (Fsp3) is 0.400. The second-order valence-corrected chi connectivity index (χ2v) is 5.51. The van der Waals surface area contributed by atoms with Crippen LogP contribution in [0.3, 0.4) is 0 Å². The van der Waals surface area contributed by atoms with Crippen molar-refractivity contribution in [1.29, 1.82) is 0 Å². The van der Waals surface area contributed by atoms with E-state index in [1.165, 1.54) is 24.0 Å². The van der Waals surface area contributed by atoms with Crippen LogP contribution in [0.1, 0.15) is 41.0 Å². The molecule has 3 heteroatoms. The third kappa shape index (κ3) is 1.45. The number of nitrogens with zero attached hydrogens (tertiary/aromatic N) is 1. The summed E-state index contributed by atoms with van der Waals surface area (Å²) in [6.45, 7) is 0. The lowest BCUT2D eigenvalue weighted by Gasteiger charge is -2.13. The Morgan fingerprint density at radius 3 is 3.00 bits per heavy atom. The molecule has 0 N–H and O–H groups in total. The largest absolute Gasteiger partial charge is 0.444 e. The SMILES string of the molecule is ClCc1ncc(C2C3CCc4ccccc4C32)o1. The van der Waals surface area contributed by atoms with Crippen molar-refractivity contribution in [3.63, 3.8) is 0 Å². The Labute approximate surface area is 111 Å². The van der Waals surface area contributed by atoms with Crippen LogP contribution >= 0.6 is 11.6 Å². The first-order chi connectivity index (χ1) is 8.88. The Morgan fingerprint density at radius 2 is 2.17 bits per heavy atom. The molecule has 0 radical (unpaired) electrons. The van der Waals surface area contributed by atoms with Crippen LogP contribution < -0.4 is 0 Å². The van der Waals surface area contributed by atoms with Crippen LogP contribution in [0, 0.1) is 5.92 Å². The van der Waals surface area contributed by atoms with Crippen LogP contribution in [0.15, 0.2) is 34.9 Å². The zero-order valence-corrected chi connectivity index (χ0v) is 10.7. The van der Waals surface area contributed by atoms with E-state index in [0.717, 1.165) is 11.7 Å². The summed E-state index contributed by atoms with van der Waals surface area (Å²) >= 11 is 5.74. The molecule has 92 valence electrons. The van der Waals surface area contributed by atoms with Gasteiger partial charge in [-0.1, -0.05) is 24.3 Å². The predicted molar refractivity (Wildman–Crippen MR) is 69.8 cm³/mol. The van der Waals surface area contributed by atoms with Gasteiger partial charge in [-0.25, -0.2) is 4.98 Å². The summed E-state index contributed by atoms with van der Waals surface area (Å²) in [4.78, 5) is 4.21. The average molecular weight is 260 g/mol. The molecular formula is C15H14ClNO. The number of aromatic nitrogens is 1. The third-order valence-corrected chi connectivity index (χ3v) is 4.57. The van der Waals surface area contributed by atoms with E-state index < -0.39 is 0 Å². The molecule has 1 aromatic heterocycles. The molecule has 3 unspecified atom stereocenters. The third-order valence-electron chi connectivity index (χ3n) is 4.34. The molecular weight excluding hydrogens is 246 g/mol. The van der Waals surface area contributed by atoms with Crippen LogP contribution in [0.25, 0.3) is 0 Å². The van der Waals surface area contributed by atoms with Gasteiger partial charge in [0.25, 0.3) is 0 Å². The monoisotopic (exact) mass is 259 g/mol. The number of hydrogen-bond donors (Lipinski definition) is 0. The standard InChI is InChI=1S/C15H14ClNO/c16-7-13-17-8-12(18-13)15-11-6-5-9-3-1-2-4-10(9)14(11)15/h1-4,8,11,14-15H,5-7H2. The van der Waals surface area contributed by atoms with E-state index in [1.807, 2.05) is 6.20 Å². The van der Waals surface area contributed by atoms with Gasteiger partial charge in [-0.15, -0.1) is 11.6 Å². The van der Waals surface area contributed by atoms with Crippen molar-refractivity contribution in [1.82, 2.24) is 4.98 Å². The topological polar surface area (TPSA) is 26.0 Å². The lowest BCUT2D eigenvalue weighted by atomic mass is 9.92. The maximum absolute atomic E-state index is 5.74. The fourth-order valence-electron chi connectivity index (χ4n) is 3.49. The number of halogens is 1. The van der Waals surface area contributed by atoms with Crippen molar-refractivity contribution >= 4 is 11.6 Å². The van der Waals surface area contributed by atoms with Crippen molar-refractivity contribution in [2.75, 3.05) is 0 Å². The summed E-state index contributed by atoms with van der Waals surface area (Å²) in [5.74, 6) is 3.94. The minimum Gasteiger partial charge on any atom is -0.444 e. The maximum atomic E-state index is 5.74. The summed E-state index contributed by atoms with van der Waals surface area (Å²) in [5.41, 5.74) is 3.03. The van der Waals surface area contributed by atoms with E-state index in [0.29, 0.717) is 23.6 Å². The first kappa shape index (κ1) is 10.6. The fourth-order valence-corrected chi connectivity index (χ4v) is 3.62. The number of aryl methyl sites for hydroxylation is 1. The molecule has 18 heavy (non-hydrogen) atoms. The van der Waals surface area contributed by atoms with E-state index in [2.05, 4.69) is 29.2 Å². The quantitative estimate of drug-likeness (QED) is 0.766. The molecule has 0 bridgehead atoms. The number of hydrogen-bond acceptors (Lipinski definition) is 2. The molecule has 2 aliphatic carbocycles. The highest BCUT2D eigenvalue weighted by Crippen LogP contribution is 2.65. The summed E-state index contributed by atoms with van der Waals surface area (Å²) in [6.07, 6.45) is 4.33. The molecule has 4 rings (SSSR count). The van der Waals surface area contributed by atoms with Crippen LogP contribution in [0.5, 0.6) is 0 Å². The second kappa shape index (κ2) is 3.86. The molecule has 0 saturated heterocycles. The van der Waals surface area contributed by atoms with E-state index in [4.69, 9.17) is 16.0 Å². The zero-order valence-electron chi connectivity index (χ0n) is 9.97. The van der Waals surface area contributed by atoms with Crippen LogP contribution in [0.2, 0.25) is 0 Å². The molecule has 2 aliphatic rings. The lowest BCUT2D eigenvalue weighted by Crippen LogP contribution is -2.00. The molecule has 2 nitrogen and oxygen atoms in total. The Kier molecular flexibility index (Phi) is 2.28. The van der Waals surface area contributed by atoms with Crippen molar-refractivity contribution in [2.24, 2.45) is 5.92 Å². The normalized spacial score (nSPS) is 28.6. The van der Waals surface area contributed by atoms with Crippen molar-refractivity contribution in [3.05, 3.63) is 53.2 Å². The van der Waals surface area contributed by atoms with Crippen molar-refractivity contribution < 1.29 is 4.42 Å². The molecule has 0 spiro atoms. The van der Waals surface area contributed by atoms with Gasteiger partial charge in [0.05, 0.1) is 12.1 Å². The summed E-state index contributed by atoms with van der Waals surface area (Å²) in [7, 11) is 0. The van der Waals surface area contributed by atoms with E-state index in [9.17, 15) is 0 Å². The van der Waals surface area contributed by atoms with E-state index >= 15 is 0 Å². The summed E-state index contributed by atoms with van der Waals surface area (Å²) < 4.78 is 5.72. The predicted octanol–water partition coefficient (Wildman–Crippen LogP) is 3.86. The zero-order chi connectivity index (χ0) is 12.1. The Hall–Kier alpha value is -1.28. The number of rotatable bonds is 2. The van der Waals surface area contributed by atoms with E-state index in [1.54, 1.807) is 0 Å². The van der Waals surface area contributed by atoms with E-state index in [-0.39, 0.29) is 0 Å². The summed E-state index contributed by atoms with van der Waals surface area (Å²) in [6, 6.07) is 8.80. The molecule has 1 saturated carbocycles. The van der Waals surface area contributed by atoms with Gasteiger partial charge in [0.2, 0.25) is 5.89 Å². The van der Waals surface area contributed by atoms with Gasteiger partial charge in [0, 0.05) is 5.92 Å². The van der Waals surface area contributed by atoms with Crippen molar-refractivity contribution in [2.45, 2.75) is 30.6 Å².